The zero-order valence-electron chi connectivity index (χ0n) is 20.7. The van der Waals surface area contributed by atoms with E-state index in [1.807, 2.05) is 0 Å². The molecule has 8 nitrogen and oxygen atoms in total. The van der Waals surface area contributed by atoms with Crippen molar-refractivity contribution in [1.82, 2.24) is 39.4 Å². The average Bonchev–Trinajstić information content (AvgIpc) is 3.72. The molecule has 1 N–H and O–H groups in total. The highest BCUT2D eigenvalue weighted by Crippen LogP contribution is 2.34. The molecular formula is C29H26N8S. The maximum absolute atomic E-state index is 4.97. The predicted molar refractivity (Wildman–Crippen MR) is 149 cm³/mol. The van der Waals surface area contributed by atoms with E-state index in [4.69, 9.17) is 4.98 Å². The molecule has 2 aromatic carbocycles. The molecule has 1 aliphatic rings. The van der Waals surface area contributed by atoms with Crippen LogP contribution in [-0.4, -0.2) is 52.5 Å². The number of aromatic nitrogens is 7. The summed E-state index contributed by atoms with van der Waals surface area (Å²) in [5.74, 6) is 2.53. The monoisotopic (exact) mass is 518 g/mol. The van der Waals surface area contributed by atoms with Gasteiger partial charge in [-0.25, -0.2) is 15.0 Å². The van der Waals surface area contributed by atoms with E-state index in [1.54, 1.807) is 29.8 Å². The fourth-order valence-corrected chi connectivity index (χ4v) is 5.94. The molecule has 7 rings (SSSR count). The number of fused-ring (bicyclic) bond motifs is 1. The molecule has 188 valence electrons. The van der Waals surface area contributed by atoms with Crippen LogP contribution in [0.15, 0.2) is 84.6 Å². The molecule has 1 aliphatic heterocycles. The van der Waals surface area contributed by atoms with E-state index in [1.165, 1.54) is 11.1 Å². The van der Waals surface area contributed by atoms with Gasteiger partial charge < -0.3 is 4.98 Å². The molecule has 6 aromatic rings. The number of nitrogens with zero attached hydrogens (tertiary/aromatic N) is 7. The van der Waals surface area contributed by atoms with Gasteiger partial charge in [-0.05, 0) is 37.6 Å². The number of imidazole rings is 1. The van der Waals surface area contributed by atoms with Gasteiger partial charge in [0.05, 0.1) is 11.4 Å². The Morgan fingerprint density at radius 3 is 2.45 bits per heavy atom. The molecule has 0 atom stereocenters. The first-order valence-electron chi connectivity index (χ1n) is 12.8. The number of benzene rings is 2. The summed E-state index contributed by atoms with van der Waals surface area (Å²) >= 11 is 1.67. The molecule has 4 aromatic heterocycles. The lowest BCUT2D eigenvalue weighted by molar-refractivity contribution is 0.202. The number of nitrogens with one attached hydrogen (secondary N) is 1. The lowest BCUT2D eigenvalue weighted by atomic mass is 9.95. The summed E-state index contributed by atoms with van der Waals surface area (Å²) in [4.78, 5) is 20.4. The smallest absolute Gasteiger partial charge is 0.199 e. The van der Waals surface area contributed by atoms with Gasteiger partial charge in [-0.2, -0.15) is 0 Å². The Hall–Kier alpha value is -4.21. The highest BCUT2D eigenvalue weighted by molar-refractivity contribution is 7.15. The van der Waals surface area contributed by atoms with Crippen LogP contribution in [0.25, 0.3) is 39.1 Å². The van der Waals surface area contributed by atoms with Gasteiger partial charge in [-0.1, -0.05) is 54.6 Å². The van der Waals surface area contributed by atoms with Gasteiger partial charge in [-0.15, -0.1) is 21.5 Å². The first-order valence-corrected chi connectivity index (χ1v) is 13.7. The number of thiazole rings is 1. The number of H-pyrrole nitrogens is 1. The SMILES string of the molecule is c1ccc(-c2c(-c3ccc(CN4CCC(c5nnc(-c6ncccn6)[nH]5)CC4)cc3)nc3sccn23)cc1. The van der Waals surface area contributed by atoms with Crippen molar-refractivity contribution >= 4 is 16.3 Å². The van der Waals surface area contributed by atoms with Crippen molar-refractivity contribution < 1.29 is 0 Å². The van der Waals surface area contributed by atoms with Crippen LogP contribution < -0.4 is 0 Å². The van der Waals surface area contributed by atoms with Crippen LogP contribution in [-0.2, 0) is 6.54 Å². The normalized spacial score (nSPS) is 14.8. The number of rotatable bonds is 6. The minimum Gasteiger partial charge on any atom is -0.322 e. The maximum Gasteiger partial charge on any atom is 0.199 e. The Kier molecular flexibility index (Phi) is 5.99. The average molecular weight is 519 g/mol. The molecule has 0 radical (unpaired) electrons. The summed E-state index contributed by atoms with van der Waals surface area (Å²) in [5.41, 5.74) is 5.81. The van der Waals surface area contributed by atoms with E-state index < -0.39 is 0 Å². The molecule has 0 aliphatic carbocycles. The standard InChI is InChI=1S/C29H26N8S/c1-2-5-22(6-3-1)25-24(32-29-37(25)17-18-38-29)21-9-7-20(8-10-21)19-36-15-11-23(12-16-36)26-33-28(35-34-26)27-30-13-4-14-31-27/h1-10,13-14,17-18,23H,11-12,15-16,19H2,(H,33,34,35). The van der Waals surface area contributed by atoms with Crippen molar-refractivity contribution in [2.24, 2.45) is 0 Å². The Morgan fingerprint density at radius 1 is 0.868 bits per heavy atom. The van der Waals surface area contributed by atoms with E-state index in [0.29, 0.717) is 17.6 Å². The van der Waals surface area contributed by atoms with Crippen LogP contribution in [0.1, 0.15) is 30.1 Å². The summed E-state index contributed by atoms with van der Waals surface area (Å²) < 4.78 is 2.19. The van der Waals surface area contributed by atoms with Crippen LogP contribution in [0.3, 0.4) is 0 Å². The number of hydrogen-bond acceptors (Lipinski definition) is 7. The van der Waals surface area contributed by atoms with Gasteiger partial charge in [-0.3, -0.25) is 9.30 Å². The lowest BCUT2D eigenvalue weighted by Gasteiger charge is -2.30. The minimum absolute atomic E-state index is 0.379. The van der Waals surface area contributed by atoms with Crippen molar-refractivity contribution in [2.45, 2.75) is 25.3 Å². The molecule has 0 amide bonds. The molecule has 1 saturated heterocycles. The molecule has 0 bridgehead atoms. The number of likely N-dealkylation sites (tertiary alicyclic amines) is 1. The number of piperidine rings is 1. The highest BCUT2D eigenvalue weighted by atomic mass is 32.1. The lowest BCUT2D eigenvalue weighted by Crippen LogP contribution is -2.32. The Labute approximate surface area is 224 Å². The first-order chi connectivity index (χ1) is 18.8. The van der Waals surface area contributed by atoms with Gasteiger partial charge in [0.15, 0.2) is 16.6 Å². The summed E-state index contributed by atoms with van der Waals surface area (Å²) in [6, 6.07) is 21.2. The fraction of sp³-hybridized carbons (Fsp3) is 0.207. The summed E-state index contributed by atoms with van der Waals surface area (Å²) in [6.45, 7) is 3.00. The summed E-state index contributed by atoms with van der Waals surface area (Å²) in [6.07, 6.45) is 7.64. The molecule has 9 heteroatoms. The predicted octanol–water partition coefficient (Wildman–Crippen LogP) is 5.68. The minimum atomic E-state index is 0.379. The topological polar surface area (TPSA) is 87.9 Å². The van der Waals surface area contributed by atoms with E-state index in [9.17, 15) is 0 Å². The molecule has 0 unspecified atom stereocenters. The molecule has 1 fully saturated rings. The third kappa shape index (κ3) is 4.40. The molecule has 0 saturated carbocycles. The third-order valence-electron chi connectivity index (χ3n) is 7.20. The van der Waals surface area contributed by atoms with E-state index in [0.717, 1.165) is 60.2 Å². The van der Waals surface area contributed by atoms with Crippen LogP contribution in [0.2, 0.25) is 0 Å². The van der Waals surface area contributed by atoms with E-state index >= 15 is 0 Å². The van der Waals surface area contributed by atoms with Crippen molar-refractivity contribution in [2.75, 3.05) is 13.1 Å². The van der Waals surface area contributed by atoms with E-state index in [2.05, 4.69) is 101 Å². The van der Waals surface area contributed by atoms with E-state index in [-0.39, 0.29) is 0 Å². The van der Waals surface area contributed by atoms with Gasteiger partial charge in [0.1, 0.15) is 5.82 Å². The van der Waals surface area contributed by atoms with Crippen LogP contribution >= 0.6 is 11.3 Å². The summed E-state index contributed by atoms with van der Waals surface area (Å²) in [7, 11) is 0. The molecular weight excluding hydrogens is 492 g/mol. The Balaban J connectivity index is 1.03. The second kappa shape index (κ2) is 9.92. The zero-order valence-corrected chi connectivity index (χ0v) is 21.6. The van der Waals surface area contributed by atoms with Crippen molar-refractivity contribution in [3.05, 3.63) is 96.0 Å². The third-order valence-corrected chi connectivity index (χ3v) is 7.96. The highest BCUT2D eigenvalue weighted by Gasteiger charge is 2.24. The fourth-order valence-electron chi connectivity index (χ4n) is 5.23. The van der Waals surface area contributed by atoms with Crippen molar-refractivity contribution in [3.63, 3.8) is 0 Å². The number of hydrogen-bond donors (Lipinski definition) is 1. The molecule has 38 heavy (non-hydrogen) atoms. The van der Waals surface area contributed by atoms with Crippen molar-refractivity contribution in [1.29, 1.82) is 0 Å². The quantitative estimate of drug-likeness (QED) is 0.305. The Morgan fingerprint density at radius 2 is 1.66 bits per heavy atom. The zero-order chi connectivity index (χ0) is 25.3. The largest absolute Gasteiger partial charge is 0.322 e. The second-order valence-electron chi connectivity index (χ2n) is 9.61. The van der Waals surface area contributed by atoms with Gasteiger partial charge in [0.25, 0.3) is 0 Å². The second-order valence-corrected chi connectivity index (χ2v) is 10.5. The molecule has 5 heterocycles. The number of aromatic amines is 1. The van der Waals surface area contributed by atoms with Crippen molar-refractivity contribution in [3.8, 4) is 34.2 Å². The van der Waals surface area contributed by atoms with Gasteiger partial charge in [0, 0.05) is 47.6 Å². The maximum atomic E-state index is 4.97. The Bertz CT molecular complexity index is 1650. The van der Waals surface area contributed by atoms with Crippen LogP contribution in [0, 0.1) is 0 Å². The summed E-state index contributed by atoms with van der Waals surface area (Å²) in [5, 5.41) is 10.7. The van der Waals surface area contributed by atoms with Crippen LogP contribution in [0.4, 0.5) is 0 Å². The van der Waals surface area contributed by atoms with Crippen LogP contribution in [0.5, 0.6) is 0 Å². The first kappa shape index (κ1) is 22.9. The van der Waals surface area contributed by atoms with Gasteiger partial charge >= 0.3 is 0 Å². The molecule has 0 spiro atoms. The van der Waals surface area contributed by atoms with Gasteiger partial charge in [0.2, 0.25) is 0 Å².